The Morgan fingerprint density at radius 2 is 2.18 bits per heavy atom. The Hall–Kier alpha value is -0.970. The van der Waals surface area contributed by atoms with Crippen molar-refractivity contribution in [2.75, 3.05) is 25.5 Å². The molecule has 0 saturated heterocycles. The third-order valence-electron chi connectivity index (χ3n) is 2.03. The summed E-state index contributed by atoms with van der Waals surface area (Å²) in [7, 11) is 0. The molecule has 4 nitrogen and oxygen atoms in total. The number of benzene rings is 1. The first kappa shape index (κ1) is 14.1. The van der Waals surface area contributed by atoms with Crippen LogP contribution in [0.15, 0.2) is 12.1 Å². The van der Waals surface area contributed by atoms with Gasteiger partial charge in [-0.15, -0.1) is 0 Å². The second kappa shape index (κ2) is 6.69. The first-order valence-corrected chi connectivity index (χ1v) is 5.92. The number of halogens is 2. The van der Waals surface area contributed by atoms with Gasteiger partial charge in [0.2, 0.25) is 0 Å². The number of carbonyl (C=O) groups is 1. The van der Waals surface area contributed by atoms with Crippen molar-refractivity contribution in [2.24, 2.45) is 0 Å². The zero-order valence-electron chi connectivity index (χ0n) is 9.43. The summed E-state index contributed by atoms with van der Waals surface area (Å²) in [5.74, 6) is -0.316. The molecule has 0 saturated carbocycles. The van der Waals surface area contributed by atoms with Crippen molar-refractivity contribution in [3.8, 4) is 0 Å². The van der Waals surface area contributed by atoms with Gasteiger partial charge < -0.3 is 15.8 Å². The Morgan fingerprint density at radius 1 is 1.47 bits per heavy atom. The SMILES string of the molecule is CCOCCNC(=O)c1cc(N)cc(Cl)c1Cl. The fraction of sp³-hybridized carbons (Fsp3) is 0.364. The number of nitrogen functional groups attached to an aromatic ring is 1. The molecule has 3 N–H and O–H groups in total. The van der Waals surface area contributed by atoms with E-state index in [2.05, 4.69) is 5.32 Å². The molecular formula is C11H14Cl2N2O2. The molecule has 94 valence electrons. The molecule has 0 bridgehead atoms. The first-order valence-electron chi connectivity index (χ1n) is 5.16. The van der Waals surface area contributed by atoms with E-state index in [1.807, 2.05) is 6.92 Å². The van der Waals surface area contributed by atoms with Crippen molar-refractivity contribution in [3.05, 3.63) is 27.7 Å². The lowest BCUT2D eigenvalue weighted by molar-refractivity contribution is 0.0923. The van der Waals surface area contributed by atoms with E-state index in [1.165, 1.54) is 12.1 Å². The zero-order chi connectivity index (χ0) is 12.8. The molecule has 0 unspecified atom stereocenters. The van der Waals surface area contributed by atoms with Crippen molar-refractivity contribution in [2.45, 2.75) is 6.92 Å². The van der Waals surface area contributed by atoms with E-state index in [0.717, 1.165) is 0 Å². The first-order chi connectivity index (χ1) is 8.06. The average molecular weight is 277 g/mol. The third-order valence-corrected chi connectivity index (χ3v) is 2.83. The number of nitrogens with two attached hydrogens (primary N) is 1. The molecule has 1 amide bonds. The van der Waals surface area contributed by atoms with Gasteiger partial charge in [0, 0.05) is 18.8 Å². The Bertz CT molecular complexity index is 411. The molecule has 1 aromatic carbocycles. The van der Waals surface area contributed by atoms with Crippen LogP contribution in [-0.2, 0) is 4.74 Å². The van der Waals surface area contributed by atoms with E-state index < -0.39 is 0 Å². The normalized spacial score (nSPS) is 10.3. The summed E-state index contributed by atoms with van der Waals surface area (Å²) in [6.07, 6.45) is 0. The van der Waals surface area contributed by atoms with Crippen LogP contribution in [-0.4, -0.2) is 25.7 Å². The van der Waals surface area contributed by atoms with Gasteiger partial charge in [-0.1, -0.05) is 23.2 Å². The summed E-state index contributed by atoms with van der Waals surface area (Å²) < 4.78 is 5.10. The van der Waals surface area contributed by atoms with E-state index in [1.54, 1.807) is 0 Å². The quantitative estimate of drug-likeness (QED) is 0.641. The van der Waals surface area contributed by atoms with Crippen LogP contribution >= 0.6 is 23.2 Å². The van der Waals surface area contributed by atoms with E-state index in [-0.39, 0.29) is 21.5 Å². The lowest BCUT2D eigenvalue weighted by Crippen LogP contribution is -2.27. The smallest absolute Gasteiger partial charge is 0.253 e. The fourth-order valence-electron chi connectivity index (χ4n) is 1.25. The van der Waals surface area contributed by atoms with Crippen LogP contribution in [0.1, 0.15) is 17.3 Å². The highest BCUT2D eigenvalue weighted by Crippen LogP contribution is 2.28. The highest BCUT2D eigenvalue weighted by molar-refractivity contribution is 6.44. The fourth-order valence-corrected chi connectivity index (χ4v) is 1.67. The minimum absolute atomic E-state index is 0.203. The minimum atomic E-state index is -0.316. The van der Waals surface area contributed by atoms with Gasteiger partial charge in [0.1, 0.15) is 0 Å². The molecular weight excluding hydrogens is 263 g/mol. The summed E-state index contributed by atoms with van der Waals surface area (Å²) in [5, 5.41) is 3.14. The van der Waals surface area contributed by atoms with Crippen molar-refractivity contribution in [1.29, 1.82) is 0 Å². The van der Waals surface area contributed by atoms with E-state index in [0.29, 0.717) is 25.4 Å². The van der Waals surface area contributed by atoms with Gasteiger partial charge in [-0.2, -0.15) is 0 Å². The third kappa shape index (κ3) is 4.07. The number of nitrogens with one attached hydrogen (secondary N) is 1. The maximum absolute atomic E-state index is 11.8. The lowest BCUT2D eigenvalue weighted by atomic mass is 10.2. The number of anilines is 1. The number of hydrogen-bond acceptors (Lipinski definition) is 3. The van der Waals surface area contributed by atoms with Crippen LogP contribution in [0.4, 0.5) is 5.69 Å². The topological polar surface area (TPSA) is 64.3 Å². The maximum Gasteiger partial charge on any atom is 0.253 e. The molecule has 0 aliphatic heterocycles. The van der Waals surface area contributed by atoms with Crippen LogP contribution in [0.2, 0.25) is 10.0 Å². The van der Waals surface area contributed by atoms with Crippen molar-refractivity contribution in [1.82, 2.24) is 5.32 Å². The van der Waals surface area contributed by atoms with Crippen molar-refractivity contribution < 1.29 is 9.53 Å². The number of carbonyl (C=O) groups excluding carboxylic acids is 1. The van der Waals surface area contributed by atoms with Gasteiger partial charge in [-0.05, 0) is 19.1 Å². The van der Waals surface area contributed by atoms with Crippen molar-refractivity contribution in [3.63, 3.8) is 0 Å². The summed E-state index contributed by atoms with van der Waals surface area (Å²) in [6, 6.07) is 2.99. The van der Waals surface area contributed by atoms with Gasteiger partial charge >= 0.3 is 0 Å². The Morgan fingerprint density at radius 3 is 2.82 bits per heavy atom. The monoisotopic (exact) mass is 276 g/mol. The number of hydrogen-bond donors (Lipinski definition) is 2. The molecule has 0 heterocycles. The minimum Gasteiger partial charge on any atom is -0.399 e. The summed E-state index contributed by atoms with van der Waals surface area (Å²) >= 11 is 11.8. The molecule has 0 fully saturated rings. The Balaban J connectivity index is 2.69. The van der Waals surface area contributed by atoms with Gasteiger partial charge in [-0.3, -0.25) is 4.79 Å². The van der Waals surface area contributed by atoms with Crippen LogP contribution in [0.5, 0.6) is 0 Å². The van der Waals surface area contributed by atoms with Crippen LogP contribution in [0.3, 0.4) is 0 Å². The van der Waals surface area contributed by atoms with Gasteiger partial charge in [0.15, 0.2) is 0 Å². The second-order valence-corrected chi connectivity index (χ2v) is 4.10. The van der Waals surface area contributed by atoms with E-state index >= 15 is 0 Å². The molecule has 0 aromatic heterocycles. The average Bonchev–Trinajstić information content (AvgIpc) is 2.29. The molecule has 0 aliphatic rings. The Kier molecular flexibility index (Phi) is 5.55. The maximum atomic E-state index is 11.8. The van der Waals surface area contributed by atoms with Gasteiger partial charge in [0.05, 0.1) is 22.2 Å². The van der Waals surface area contributed by atoms with Crippen LogP contribution < -0.4 is 11.1 Å². The standard InChI is InChI=1S/C11H14Cl2N2O2/c1-2-17-4-3-15-11(16)8-5-7(14)6-9(12)10(8)13/h5-6H,2-4,14H2,1H3,(H,15,16). The van der Waals surface area contributed by atoms with Crippen LogP contribution in [0, 0.1) is 0 Å². The number of rotatable bonds is 5. The highest BCUT2D eigenvalue weighted by atomic mass is 35.5. The lowest BCUT2D eigenvalue weighted by Gasteiger charge is -2.08. The van der Waals surface area contributed by atoms with E-state index in [9.17, 15) is 4.79 Å². The zero-order valence-corrected chi connectivity index (χ0v) is 10.9. The molecule has 17 heavy (non-hydrogen) atoms. The molecule has 1 rings (SSSR count). The molecule has 0 radical (unpaired) electrons. The Labute approximate surface area is 110 Å². The number of amides is 1. The predicted molar refractivity (Wildman–Crippen MR) is 69.7 cm³/mol. The molecule has 0 aliphatic carbocycles. The molecule has 0 spiro atoms. The summed E-state index contributed by atoms with van der Waals surface area (Å²) in [4.78, 5) is 11.8. The summed E-state index contributed by atoms with van der Waals surface area (Å²) in [6.45, 7) is 3.36. The van der Waals surface area contributed by atoms with Crippen molar-refractivity contribution >= 4 is 34.8 Å². The molecule has 0 atom stereocenters. The summed E-state index contributed by atoms with van der Waals surface area (Å²) in [5.41, 5.74) is 6.26. The second-order valence-electron chi connectivity index (χ2n) is 3.32. The highest BCUT2D eigenvalue weighted by Gasteiger charge is 2.13. The molecule has 6 heteroatoms. The van der Waals surface area contributed by atoms with Gasteiger partial charge in [-0.25, -0.2) is 0 Å². The molecule has 1 aromatic rings. The predicted octanol–water partition coefficient (Wildman–Crippen LogP) is 2.34. The van der Waals surface area contributed by atoms with Gasteiger partial charge in [0.25, 0.3) is 5.91 Å². The van der Waals surface area contributed by atoms with E-state index in [4.69, 9.17) is 33.7 Å². The largest absolute Gasteiger partial charge is 0.399 e. The van der Waals surface area contributed by atoms with Crippen LogP contribution in [0.25, 0.3) is 0 Å². The number of ether oxygens (including phenoxy) is 1.